The van der Waals surface area contributed by atoms with Crippen LogP contribution < -0.4 is 14.2 Å². The van der Waals surface area contributed by atoms with Crippen molar-refractivity contribution in [1.82, 2.24) is 4.90 Å². The Morgan fingerprint density at radius 3 is 2.75 bits per heavy atom. The molecular formula is C19H13BrClNO5S. The largest absolute Gasteiger partial charge is 0.496 e. The van der Waals surface area contributed by atoms with Gasteiger partial charge in [-0.2, -0.15) is 0 Å². The van der Waals surface area contributed by atoms with Crippen molar-refractivity contribution in [2.45, 2.75) is 6.54 Å². The highest BCUT2D eigenvalue weighted by Crippen LogP contribution is 2.40. The Kier molecular flexibility index (Phi) is 5.27. The van der Waals surface area contributed by atoms with E-state index >= 15 is 0 Å². The Labute approximate surface area is 178 Å². The Hall–Kier alpha value is -2.16. The van der Waals surface area contributed by atoms with Crippen LogP contribution in [-0.4, -0.2) is 29.9 Å². The molecule has 0 spiro atoms. The number of hydrogen-bond acceptors (Lipinski definition) is 6. The van der Waals surface area contributed by atoms with Crippen LogP contribution in [0.2, 0.25) is 5.02 Å². The lowest BCUT2D eigenvalue weighted by molar-refractivity contribution is -0.123. The van der Waals surface area contributed by atoms with E-state index in [0.717, 1.165) is 21.1 Å². The van der Waals surface area contributed by atoms with Gasteiger partial charge in [0.1, 0.15) is 5.75 Å². The highest BCUT2D eigenvalue weighted by molar-refractivity contribution is 9.10. The molecule has 2 aromatic rings. The standard InChI is InChI=1S/C19H13BrClNO5S/c1-25-14-3-2-12(20)4-10(14)6-17-18(23)22(19(24)28-17)8-11-5-15-16(7-13(11)21)27-9-26-15/h2-7H,8-9H2,1H3/b17-6-. The predicted octanol–water partition coefficient (Wildman–Crippen LogP) is 5.08. The first kappa shape index (κ1) is 19.2. The Balaban J connectivity index is 1.61. The van der Waals surface area contributed by atoms with Crippen LogP contribution in [0.5, 0.6) is 17.2 Å². The molecular weight excluding hydrogens is 470 g/mol. The van der Waals surface area contributed by atoms with Crippen LogP contribution in [0.4, 0.5) is 4.79 Å². The summed E-state index contributed by atoms with van der Waals surface area (Å²) in [7, 11) is 1.55. The van der Waals surface area contributed by atoms with Crippen molar-refractivity contribution in [1.29, 1.82) is 0 Å². The number of benzene rings is 2. The molecule has 6 nitrogen and oxygen atoms in total. The first-order valence-corrected chi connectivity index (χ1v) is 10.1. The highest BCUT2D eigenvalue weighted by atomic mass is 79.9. The second-order valence-electron chi connectivity index (χ2n) is 5.95. The molecule has 0 unspecified atom stereocenters. The first-order valence-electron chi connectivity index (χ1n) is 8.13. The molecule has 2 amide bonds. The summed E-state index contributed by atoms with van der Waals surface area (Å²) in [5, 5.41) is 0.0416. The zero-order valence-corrected chi connectivity index (χ0v) is 17.7. The highest BCUT2D eigenvalue weighted by Gasteiger charge is 2.36. The van der Waals surface area contributed by atoms with Crippen LogP contribution >= 0.6 is 39.3 Å². The molecule has 28 heavy (non-hydrogen) atoms. The molecule has 0 aromatic heterocycles. The molecule has 4 rings (SSSR count). The van der Waals surface area contributed by atoms with Gasteiger partial charge in [0.2, 0.25) is 6.79 Å². The number of rotatable bonds is 4. The molecule has 1 saturated heterocycles. The second kappa shape index (κ2) is 7.69. The normalized spacial score (nSPS) is 17.0. The Morgan fingerprint density at radius 2 is 2.00 bits per heavy atom. The number of fused-ring (bicyclic) bond motifs is 1. The number of thioether (sulfide) groups is 1. The molecule has 0 aliphatic carbocycles. The van der Waals surface area contributed by atoms with Crippen molar-refractivity contribution >= 4 is 56.5 Å². The lowest BCUT2D eigenvalue weighted by atomic mass is 10.1. The van der Waals surface area contributed by atoms with Crippen molar-refractivity contribution in [3.63, 3.8) is 0 Å². The van der Waals surface area contributed by atoms with Gasteiger partial charge < -0.3 is 14.2 Å². The fourth-order valence-electron chi connectivity index (χ4n) is 2.85. The third-order valence-corrected chi connectivity index (χ3v) is 5.97. The fourth-order valence-corrected chi connectivity index (χ4v) is 4.27. The van der Waals surface area contributed by atoms with Crippen molar-refractivity contribution in [2.24, 2.45) is 0 Å². The summed E-state index contributed by atoms with van der Waals surface area (Å²) < 4.78 is 16.8. The van der Waals surface area contributed by atoms with E-state index in [4.69, 9.17) is 25.8 Å². The molecule has 2 aliphatic rings. The summed E-state index contributed by atoms with van der Waals surface area (Å²) >= 11 is 10.6. The summed E-state index contributed by atoms with van der Waals surface area (Å²) in [6, 6.07) is 8.76. The molecule has 1 fully saturated rings. The van der Waals surface area contributed by atoms with Crippen LogP contribution in [0.25, 0.3) is 6.08 Å². The zero-order valence-electron chi connectivity index (χ0n) is 14.5. The SMILES string of the molecule is COc1ccc(Br)cc1/C=C1\SC(=O)N(Cc2cc3c(cc2Cl)OCO3)C1=O. The molecule has 0 atom stereocenters. The molecule has 2 heterocycles. The van der Waals surface area contributed by atoms with Crippen LogP contribution in [0.15, 0.2) is 39.7 Å². The van der Waals surface area contributed by atoms with Crippen molar-refractivity contribution in [3.05, 3.63) is 55.9 Å². The van der Waals surface area contributed by atoms with Gasteiger partial charge in [-0.1, -0.05) is 27.5 Å². The smallest absolute Gasteiger partial charge is 0.293 e. The van der Waals surface area contributed by atoms with Crippen LogP contribution in [0.1, 0.15) is 11.1 Å². The van der Waals surface area contributed by atoms with Crippen LogP contribution in [0, 0.1) is 0 Å². The summed E-state index contributed by atoms with van der Waals surface area (Å²) in [6.07, 6.45) is 1.65. The predicted molar refractivity (Wildman–Crippen MR) is 110 cm³/mol. The van der Waals surface area contributed by atoms with Gasteiger partial charge >= 0.3 is 0 Å². The van der Waals surface area contributed by atoms with Crippen molar-refractivity contribution in [3.8, 4) is 17.2 Å². The van der Waals surface area contributed by atoms with E-state index in [0.29, 0.717) is 38.3 Å². The van der Waals surface area contributed by atoms with E-state index in [-0.39, 0.29) is 24.5 Å². The van der Waals surface area contributed by atoms with Gasteiger partial charge in [-0.15, -0.1) is 0 Å². The maximum Gasteiger partial charge on any atom is 0.293 e. The lowest BCUT2D eigenvalue weighted by Crippen LogP contribution is -2.27. The van der Waals surface area contributed by atoms with E-state index in [1.807, 2.05) is 12.1 Å². The number of halogens is 2. The van der Waals surface area contributed by atoms with Gasteiger partial charge in [-0.25, -0.2) is 0 Å². The monoisotopic (exact) mass is 481 g/mol. The van der Waals surface area contributed by atoms with Crippen molar-refractivity contribution in [2.75, 3.05) is 13.9 Å². The average molecular weight is 483 g/mol. The van der Waals surface area contributed by atoms with Gasteiger partial charge in [0.05, 0.1) is 18.6 Å². The number of amides is 2. The quantitative estimate of drug-likeness (QED) is 0.567. The van der Waals surface area contributed by atoms with Gasteiger partial charge in [0.25, 0.3) is 11.1 Å². The summed E-state index contributed by atoms with van der Waals surface area (Å²) in [6.45, 7) is 0.168. The van der Waals surface area contributed by atoms with Crippen LogP contribution in [-0.2, 0) is 11.3 Å². The summed E-state index contributed by atoms with van der Waals surface area (Å²) in [4.78, 5) is 26.7. The van der Waals surface area contributed by atoms with E-state index in [1.54, 1.807) is 31.4 Å². The van der Waals surface area contributed by atoms with Crippen molar-refractivity contribution < 1.29 is 23.8 Å². The molecule has 0 bridgehead atoms. The minimum atomic E-state index is -0.384. The number of ether oxygens (including phenoxy) is 3. The molecule has 0 N–H and O–H groups in total. The van der Waals surface area contributed by atoms with E-state index in [2.05, 4.69) is 15.9 Å². The minimum absolute atomic E-state index is 0.0487. The van der Waals surface area contributed by atoms with Gasteiger partial charge in [-0.3, -0.25) is 14.5 Å². The molecule has 0 radical (unpaired) electrons. The topological polar surface area (TPSA) is 65.1 Å². The molecule has 2 aromatic carbocycles. The molecule has 0 saturated carbocycles. The van der Waals surface area contributed by atoms with Gasteiger partial charge in [0.15, 0.2) is 11.5 Å². The minimum Gasteiger partial charge on any atom is -0.496 e. The average Bonchev–Trinajstić information content (AvgIpc) is 3.21. The third-order valence-electron chi connectivity index (χ3n) is 4.22. The van der Waals surface area contributed by atoms with Gasteiger partial charge in [0, 0.05) is 21.1 Å². The maximum absolute atomic E-state index is 12.8. The fraction of sp³-hybridized carbons (Fsp3) is 0.158. The van der Waals surface area contributed by atoms with E-state index in [1.165, 1.54) is 0 Å². The number of carbonyl (C=O) groups excluding carboxylic acids is 2. The first-order chi connectivity index (χ1) is 13.5. The Bertz CT molecular complexity index is 1030. The number of methoxy groups -OCH3 is 1. The maximum atomic E-state index is 12.8. The number of nitrogens with zero attached hydrogens (tertiary/aromatic N) is 1. The number of carbonyl (C=O) groups is 2. The van der Waals surface area contributed by atoms with Gasteiger partial charge in [-0.05, 0) is 47.7 Å². The molecule has 2 aliphatic heterocycles. The van der Waals surface area contributed by atoms with E-state index in [9.17, 15) is 9.59 Å². The molecule has 144 valence electrons. The zero-order chi connectivity index (χ0) is 19.8. The number of hydrogen-bond donors (Lipinski definition) is 0. The molecule has 9 heteroatoms. The summed E-state index contributed by atoms with van der Waals surface area (Å²) in [5.74, 6) is 1.31. The van der Waals surface area contributed by atoms with Crippen LogP contribution in [0.3, 0.4) is 0 Å². The Morgan fingerprint density at radius 1 is 1.25 bits per heavy atom. The van der Waals surface area contributed by atoms with E-state index < -0.39 is 0 Å². The summed E-state index contributed by atoms with van der Waals surface area (Å²) in [5.41, 5.74) is 1.30. The number of imide groups is 1. The third kappa shape index (κ3) is 3.59. The lowest BCUT2D eigenvalue weighted by Gasteiger charge is -2.14. The second-order valence-corrected chi connectivity index (χ2v) is 8.27.